The quantitative estimate of drug-likeness (QED) is 0.647. The van der Waals surface area contributed by atoms with Crippen molar-refractivity contribution in [2.75, 3.05) is 6.61 Å². The number of halogens is 1. The van der Waals surface area contributed by atoms with Gasteiger partial charge in [-0.25, -0.2) is 0 Å². The molecule has 2 aromatic carbocycles. The van der Waals surface area contributed by atoms with Gasteiger partial charge in [0.1, 0.15) is 6.61 Å². The second-order valence-electron chi connectivity index (χ2n) is 6.98. The second kappa shape index (κ2) is 9.29. The van der Waals surface area contributed by atoms with Gasteiger partial charge in [0.05, 0.1) is 11.6 Å². The lowest BCUT2D eigenvalue weighted by Gasteiger charge is -2.17. The number of rotatable bonds is 8. The van der Waals surface area contributed by atoms with Gasteiger partial charge < -0.3 is 14.8 Å². The summed E-state index contributed by atoms with van der Waals surface area (Å²) in [5, 5.41) is 4.23. The van der Waals surface area contributed by atoms with Crippen LogP contribution in [-0.2, 0) is 13.2 Å². The van der Waals surface area contributed by atoms with Gasteiger partial charge in [0, 0.05) is 12.6 Å². The van der Waals surface area contributed by atoms with Crippen LogP contribution in [0, 0.1) is 6.92 Å². The Hall–Kier alpha value is -1.71. The molecule has 0 unspecified atom stereocenters. The Balaban J connectivity index is 1.71. The third-order valence-electron chi connectivity index (χ3n) is 4.78. The van der Waals surface area contributed by atoms with Gasteiger partial charge in [0.25, 0.3) is 0 Å². The number of hydrogen-bond donors (Lipinski definition) is 1. The van der Waals surface area contributed by atoms with Gasteiger partial charge in [0.15, 0.2) is 11.5 Å². The summed E-state index contributed by atoms with van der Waals surface area (Å²) in [6, 6.07) is 12.9. The van der Waals surface area contributed by atoms with Gasteiger partial charge in [-0.2, -0.15) is 0 Å². The molecule has 1 N–H and O–H groups in total. The molecule has 26 heavy (non-hydrogen) atoms. The molecule has 0 spiro atoms. The van der Waals surface area contributed by atoms with E-state index in [1.54, 1.807) is 0 Å². The Kier molecular flexibility index (Phi) is 6.81. The van der Waals surface area contributed by atoms with Crippen LogP contribution in [-0.4, -0.2) is 12.6 Å². The van der Waals surface area contributed by atoms with Crippen LogP contribution in [0.4, 0.5) is 0 Å². The van der Waals surface area contributed by atoms with Gasteiger partial charge in [-0.05, 0) is 49.9 Å². The molecule has 140 valence electrons. The summed E-state index contributed by atoms with van der Waals surface area (Å²) >= 11 is 6.53. The van der Waals surface area contributed by atoms with E-state index < -0.39 is 0 Å². The molecule has 0 atom stereocenters. The van der Waals surface area contributed by atoms with Gasteiger partial charge in [-0.15, -0.1) is 0 Å². The molecule has 1 fully saturated rings. The first-order chi connectivity index (χ1) is 12.7. The zero-order valence-electron chi connectivity index (χ0n) is 15.7. The van der Waals surface area contributed by atoms with E-state index in [1.807, 2.05) is 25.1 Å². The van der Waals surface area contributed by atoms with Crippen molar-refractivity contribution in [3.8, 4) is 11.5 Å². The topological polar surface area (TPSA) is 30.5 Å². The van der Waals surface area contributed by atoms with Crippen molar-refractivity contribution in [3.05, 3.63) is 58.1 Å². The normalized spacial score (nSPS) is 14.6. The molecular formula is C22H28ClNO2. The van der Waals surface area contributed by atoms with Crippen LogP contribution in [0.1, 0.15) is 49.3 Å². The zero-order chi connectivity index (χ0) is 18.4. The van der Waals surface area contributed by atoms with Crippen molar-refractivity contribution in [3.63, 3.8) is 0 Å². The molecule has 0 saturated heterocycles. The number of hydrogen-bond acceptors (Lipinski definition) is 3. The predicted molar refractivity (Wildman–Crippen MR) is 107 cm³/mol. The van der Waals surface area contributed by atoms with Crippen LogP contribution in [0.25, 0.3) is 0 Å². The molecule has 0 radical (unpaired) electrons. The van der Waals surface area contributed by atoms with E-state index >= 15 is 0 Å². The summed E-state index contributed by atoms with van der Waals surface area (Å²) in [5.74, 6) is 1.34. The van der Waals surface area contributed by atoms with Gasteiger partial charge in [-0.1, -0.05) is 54.3 Å². The third kappa shape index (κ3) is 5.15. The summed E-state index contributed by atoms with van der Waals surface area (Å²) in [5.41, 5.74) is 3.47. The highest BCUT2D eigenvalue weighted by molar-refractivity contribution is 6.32. The summed E-state index contributed by atoms with van der Waals surface area (Å²) in [6.45, 7) is 5.91. The van der Waals surface area contributed by atoms with Crippen molar-refractivity contribution in [2.45, 2.75) is 58.7 Å². The molecule has 1 aliphatic rings. The first-order valence-electron chi connectivity index (χ1n) is 9.52. The summed E-state index contributed by atoms with van der Waals surface area (Å²) in [6.07, 6.45) is 5.19. The van der Waals surface area contributed by atoms with E-state index in [-0.39, 0.29) is 0 Å². The van der Waals surface area contributed by atoms with Crippen molar-refractivity contribution in [2.24, 2.45) is 0 Å². The van der Waals surface area contributed by atoms with Crippen LogP contribution in [0.5, 0.6) is 11.5 Å². The fourth-order valence-electron chi connectivity index (χ4n) is 3.48. The van der Waals surface area contributed by atoms with E-state index in [2.05, 4.69) is 30.4 Å². The lowest BCUT2D eigenvalue weighted by molar-refractivity contribution is 0.269. The Morgan fingerprint density at radius 2 is 1.88 bits per heavy atom. The maximum atomic E-state index is 6.53. The van der Waals surface area contributed by atoms with Crippen LogP contribution < -0.4 is 14.8 Å². The van der Waals surface area contributed by atoms with E-state index in [0.29, 0.717) is 30.0 Å². The fourth-order valence-corrected chi connectivity index (χ4v) is 3.76. The molecule has 0 heterocycles. The van der Waals surface area contributed by atoms with E-state index in [4.69, 9.17) is 21.1 Å². The molecule has 1 aliphatic carbocycles. The Morgan fingerprint density at radius 1 is 1.08 bits per heavy atom. The number of aryl methyl sites for hydroxylation is 1. The molecule has 2 aromatic rings. The van der Waals surface area contributed by atoms with Crippen LogP contribution in [0.2, 0.25) is 5.02 Å². The first-order valence-corrected chi connectivity index (χ1v) is 9.90. The van der Waals surface area contributed by atoms with Gasteiger partial charge >= 0.3 is 0 Å². The minimum Gasteiger partial charge on any atom is -0.490 e. The van der Waals surface area contributed by atoms with E-state index in [9.17, 15) is 0 Å². The average Bonchev–Trinajstić information content (AvgIpc) is 3.13. The number of nitrogens with one attached hydrogen (secondary N) is 1. The second-order valence-corrected chi connectivity index (χ2v) is 7.39. The standard InChI is InChI=1S/C22H28ClNO2/c1-3-25-21-13-18(14-24-19-9-4-5-10-19)12-20(23)22(21)26-15-17-8-6-7-16(2)11-17/h6-8,11-13,19,24H,3-5,9-10,14-15H2,1-2H3. The van der Waals surface area contributed by atoms with E-state index in [1.165, 1.54) is 31.2 Å². The molecule has 0 bridgehead atoms. The number of benzene rings is 2. The summed E-state index contributed by atoms with van der Waals surface area (Å²) in [4.78, 5) is 0. The first kappa shape index (κ1) is 19.1. The van der Waals surface area contributed by atoms with Crippen LogP contribution >= 0.6 is 11.6 Å². The Bertz CT molecular complexity index is 726. The smallest absolute Gasteiger partial charge is 0.180 e. The molecule has 0 amide bonds. The van der Waals surface area contributed by atoms with Crippen molar-refractivity contribution in [1.29, 1.82) is 0 Å². The summed E-state index contributed by atoms with van der Waals surface area (Å²) in [7, 11) is 0. The van der Waals surface area contributed by atoms with Crippen LogP contribution in [0.15, 0.2) is 36.4 Å². The maximum absolute atomic E-state index is 6.53. The molecule has 3 nitrogen and oxygen atoms in total. The predicted octanol–water partition coefficient (Wildman–Crippen LogP) is 5.66. The molecule has 4 heteroatoms. The fraction of sp³-hybridized carbons (Fsp3) is 0.455. The number of ether oxygens (including phenoxy) is 2. The van der Waals surface area contributed by atoms with Gasteiger partial charge in [0.2, 0.25) is 0 Å². The Labute approximate surface area is 161 Å². The third-order valence-corrected chi connectivity index (χ3v) is 5.07. The van der Waals surface area contributed by atoms with Crippen molar-refractivity contribution in [1.82, 2.24) is 5.32 Å². The SMILES string of the molecule is CCOc1cc(CNC2CCCC2)cc(Cl)c1OCc1cccc(C)c1. The molecule has 1 saturated carbocycles. The zero-order valence-corrected chi connectivity index (χ0v) is 16.4. The molecule has 0 aliphatic heterocycles. The Morgan fingerprint density at radius 3 is 2.62 bits per heavy atom. The minimum absolute atomic E-state index is 0.473. The largest absolute Gasteiger partial charge is 0.490 e. The summed E-state index contributed by atoms with van der Waals surface area (Å²) < 4.78 is 11.8. The lowest BCUT2D eigenvalue weighted by atomic mass is 10.1. The highest BCUT2D eigenvalue weighted by atomic mass is 35.5. The highest BCUT2D eigenvalue weighted by Crippen LogP contribution is 2.37. The van der Waals surface area contributed by atoms with Crippen molar-refractivity contribution >= 4 is 11.6 Å². The molecule has 0 aromatic heterocycles. The van der Waals surface area contributed by atoms with Crippen molar-refractivity contribution < 1.29 is 9.47 Å². The lowest BCUT2D eigenvalue weighted by Crippen LogP contribution is -2.25. The average molecular weight is 374 g/mol. The van der Waals surface area contributed by atoms with E-state index in [0.717, 1.165) is 23.4 Å². The highest BCUT2D eigenvalue weighted by Gasteiger charge is 2.16. The van der Waals surface area contributed by atoms with Gasteiger partial charge in [-0.3, -0.25) is 0 Å². The molecule has 3 rings (SSSR count). The minimum atomic E-state index is 0.473. The monoisotopic (exact) mass is 373 g/mol. The molecular weight excluding hydrogens is 346 g/mol. The van der Waals surface area contributed by atoms with Crippen LogP contribution in [0.3, 0.4) is 0 Å². The maximum Gasteiger partial charge on any atom is 0.180 e.